The van der Waals surface area contributed by atoms with Gasteiger partial charge in [-0.15, -0.1) is 0 Å². The van der Waals surface area contributed by atoms with E-state index in [-0.39, 0.29) is 10.7 Å². The molecular weight excluding hydrogens is 299 g/mol. The van der Waals surface area contributed by atoms with Gasteiger partial charge in [-0.2, -0.15) is 13.2 Å². The molecule has 0 saturated carbocycles. The SMILES string of the molecule is CC1=CC(C)CC(CNc2ccc(Cl)cc2C(F)(F)F)C1. The average Bonchev–Trinajstić information content (AvgIpc) is 2.35. The third kappa shape index (κ3) is 4.40. The van der Waals surface area contributed by atoms with Gasteiger partial charge in [0.25, 0.3) is 0 Å². The standard InChI is InChI=1S/C16H19ClF3N/c1-10-5-11(2)7-12(6-10)9-21-15-4-3-13(17)8-14(15)16(18,19)20/h3-5,8,10,12,21H,6-7,9H2,1-2H3. The first-order valence-corrected chi connectivity index (χ1v) is 7.41. The van der Waals surface area contributed by atoms with E-state index >= 15 is 0 Å². The Morgan fingerprint density at radius 1 is 1.33 bits per heavy atom. The fraction of sp³-hybridized carbons (Fsp3) is 0.500. The maximum Gasteiger partial charge on any atom is 0.418 e. The van der Waals surface area contributed by atoms with Crippen LogP contribution in [0.1, 0.15) is 32.3 Å². The molecule has 1 aliphatic rings. The highest BCUT2D eigenvalue weighted by molar-refractivity contribution is 6.30. The van der Waals surface area contributed by atoms with Crippen molar-refractivity contribution < 1.29 is 13.2 Å². The highest BCUT2D eigenvalue weighted by Crippen LogP contribution is 2.37. The number of rotatable bonds is 3. The van der Waals surface area contributed by atoms with E-state index in [9.17, 15) is 13.2 Å². The minimum atomic E-state index is -4.40. The summed E-state index contributed by atoms with van der Waals surface area (Å²) >= 11 is 5.67. The summed E-state index contributed by atoms with van der Waals surface area (Å²) in [6, 6.07) is 3.85. The van der Waals surface area contributed by atoms with Crippen LogP contribution in [0.15, 0.2) is 29.8 Å². The molecule has 21 heavy (non-hydrogen) atoms. The van der Waals surface area contributed by atoms with Gasteiger partial charge in [0.15, 0.2) is 0 Å². The molecule has 0 heterocycles. The Hall–Kier alpha value is -1.16. The first-order chi connectivity index (χ1) is 9.75. The molecule has 1 N–H and O–H groups in total. The number of alkyl halides is 3. The molecule has 2 unspecified atom stereocenters. The fourth-order valence-corrected chi connectivity index (χ4v) is 3.17. The normalized spacial score (nSPS) is 22.9. The summed E-state index contributed by atoms with van der Waals surface area (Å²) in [7, 11) is 0. The van der Waals surface area contributed by atoms with Gasteiger partial charge in [0.2, 0.25) is 0 Å². The maximum absolute atomic E-state index is 13.0. The molecule has 0 aromatic heterocycles. The zero-order chi connectivity index (χ0) is 15.6. The van der Waals surface area contributed by atoms with Crippen molar-refractivity contribution in [3.05, 3.63) is 40.4 Å². The van der Waals surface area contributed by atoms with Crippen molar-refractivity contribution in [2.45, 2.75) is 32.9 Å². The van der Waals surface area contributed by atoms with E-state index in [1.165, 1.54) is 17.7 Å². The lowest BCUT2D eigenvalue weighted by Gasteiger charge is -2.26. The summed E-state index contributed by atoms with van der Waals surface area (Å²) in [5.41, 5.74) is 0.714. The second-order valence-electron chi connectivity index (χ2n) is 5.86. The van der Waals surface area contributed by atoms with Gasteiger partial charge in [0.1, 0.15) is 0 Å². The number of halogens is 4. The van der Waals surface area contributed by atoms with Crippen LogP contribution in [0.2, 0.25) is 5.02 Å². The summed E-state index contributed by atoms with van der Waals surface area (Å²) in [5, 5.41) is 3.05. The van der Waals surface area contributed by atoms with Crippen molar-refractivity contribution in [1.82, 2.24) is 0 Å². The fourth-order valence-electron chi connectivity index (χ4n) is 3.00. The van der Waals surface area contributed by atoms with Gasteiger partial charge in [0.05, 0.1) is 5.56 Å². The molecule has 0 amide bonds. The molecule has 0 bridgehead atoms. The van der Waals surface area contributed by atoms with E-state index in [2.05, 4.69) is 25.2 Å². The monoisotopic (exact) mass is 317 g/mol. The minimum absolute atomic E-state index is 0.0953. The third-order valence-corrected chi connectivity index (χ3v) is 3.99. The zero-order valence-corrected chi connectivity index (χ0v) is 12.9. The molecule has 116 valence electrons. The number of hydrogen-bond acceptors (Lipinski definition) is 1. The summed E-state index contributed by atoms with van der Waals surface area (Å²) in [5.74, 6) is 0.847. The second-order valence-corrected chi connectivity index (χ2v) is 6.30. The molecule has 0 saturated heterocycles. The van der Waals surface area contributed by atoms with E-state index in [1.807, 2.05) is 0 Å². The molecule has 0 spiro atoms. The Labute approximate surface area is 128 Å². The van der Waals surface area contributed by atoms with Crippen LogP contribution in [0, 0.1) is 11.8 Å². The molecular formula is C16H19ClF3N. The predicted octanol–water partition coefficient (Wildman–Crippen LogP) is 5.76. The van der Waals surface area contributed by atoms with Crippen molar-refractivity contribution in [3.63, 3.8) is 0 Å². The Morgan fingerprint density at radius 2 is 2.05 bits per heavy atom. The first-order valence-electron chi connectivity index (χ1n) is 7.03. The van der Waals surface area contributed by atoms with Crippen molar-refractivity contribution in [2.24, 2.45) is 11.8 Å². The molecule has 5 heteroatoms. The van der Waals surface area contributed by atoms with Crippen LogP contribution in [-0.2, 0) is 6.18 Å². The largest absolute Gasteiger partial charge is 0.418 e. The number of allylic oxidation sites excluding steroid dienone is 2. The van der Waals surface area contributed by atoms with Crippen LogP contribution >= 0.6 is 11.6 Å². The molecule has 1 aliphatic carbocycles. The quantitative estimate of drug-likeness (QED) is 0.698. The van der Waals surface area contributed by atoms with Crippen molar-refractivity contribution in [3.8, 4) is 0 Å². The summed E-state index contributed by atoms with van der Waals surface area (Å²) in [6.45, 7) is 4.76. The lowest BCUT2D eigenvalue weighted by Crippen LogP contribution is -2.21. The number of hydrogen-bond donors (Lipinski definition) is 1. The van der Waals surface area contributed by atoms with Gasteiger partial charge >= 0.3 is 6.18 Å². The van der Waals surface area contributed by atoms with Crippen molar-refractivity contribution in [2.75, 3.05) is 11.9 Å². The molecule has 1 aromatic carbocycles. The van der Waals surface area contributed by atoms with E-state index in [0.29, 0.717) is 18.4 Å². The highest BCUT2D eigenvalue weighted by atomic mass is 35.5. The van der Waals surface area contributed by atoms with Crippen molar-refractivity contribution in [1.29, 1.82) is 0 Å². The topological polar surface area (TPSA) is 12.0 Å². The Kier molecular flexibility index (Phi) is 4.87. The molecule has 0 radical (unpaired) electrons. The van der Waals surface area contributed by atoms with Crippen molar-refractivity contribution >= 4 is 17.3 Å². The third-order valence-electron chi connectivity index (χ3n) is 3.75. The lowest BCUT2D eigenvalue weighted by atomic mass is 9.83. The van der Waals surface area contributed by atoms with Crippen LogP contribution in [0.5, 0.6) is 0 Å². The maximum atomic E-state index is 13.0. The smallest absolute Gasteiger partial charge is 0.384 e. The number of anilines is 1. The van der Waals surface area contributed by atoms with Gasteiger partial charge in [-0.1, -0.05) is 30.2 Å². The molecule has 2 rings (SSSR count). The van der Waals surface area contributed by atoms with Crippen LogP contribution in [0.25, 0.3) is 0 Å². The molecule has 1 nitrogen and oxygen atoms in total. The Bertz CT molecular complexity index is 537. The first kappa shape index (κ1) is 16.2. The Morgan fingerprint density at radius 3 is 2.67 bits per heavy atom. The predicted molar refractivity (Wildman–Crippen MR) is 80.6 cm³/mol. The van der Waals surface area contributed by atoms with E-state index < -0.39 is 11.7 Å². The molecule has 0 aliphatic heterocycles. The van der Waals surface area contributed by atoms with Gasteiger partial charge in [-0.25, -0.2) is 0 Å². The lowest BCUT2D eigenvalue weighted by molar-refractivity contribution is -0.136. The van der Waals surface area contributed by atoms with Gasteiger partial charge < -0.3 is 5.32 Å². The van der Waals surface area contributed by atoms with Crippen LogP contribution in [0.4, 0.5) is 18.9 Å². The summed E-state index contributed by atoms with van der Waals surface area (Å²) in [4.78, 5) is 0. The second kappa shape index (κ2) is 6.30. The summed E-state index contributed by atoms with van der Waals surface area (Å²) < 4.78 is 39.0. The van der Waals surface area contributed by atoms with E-state index in [0.717, 1.165) is 18.9 Å². The van der Waals surface area contributed by atoms with E-state index in [4.69, 9.17) is 11.6 Å². The van der Waals surface area contributed by atoms with Crippen LogP contribution in [-0.4, -0.2) is 6.54 Å². The average molecular weight is 318 g/mol. The van der Waals surface area contributed by atoms with Crippen LogP contribution < -0.4 is 5.32 Å². The molecule has 1 aromatic rings. The van der Waals surface area contributed by atoms with E-state index in [1.54, 1.807) is 0 Å². The van der Waals surface area contributed by atoms with Gasteiger partial charge in [-0.05, 0) is 49.8 Å². The van der Waals surface area contributed by atoms with Crippen LogP contribution in [0.3, 0.4) is 0 Å². The number of benzene rings is 1. The molecule has 2 atom stereocenters. The minimum Gasteiger partial charge on any atom is -0.384 e. The number of nitrogens with one attached hydrogen (secondary N) is 1. The Balaban J connectivity index is 2.09. The molecule has 0 fully saturated rings. The van der Waals surface area contributed by atoms with Gasteiger partial charge in [0, 0.05) is 17.3 Å². The summed E-state index contributed by atoms with van der Waals surface area (Å²) in [6.07, 6.45) is -0.228. The van der Waals surface area contributed by atoms with Gasteiger partial charge in [-0.3, -0.25) is 0 Å². The highest BCUT2D eigenvalue weighted by Gasteiger charge is 2.34. The zero-order valence-electron chi connectivity index (χ0n) is 12.1.